The first kappa shape index (κ1) is 15.9. The molecule has 0 fully saturated rings. The molecule has 0 aromatic carbocycles. The highest BCUT2D eigenvalue weighted by atomic mass is 79.9. The number of nitrogens with one attached hydrogen (secondary N) is 1. The van der Waals surface area contributed by atoms with Gasteiger partial charge < -0.3 is 5.32 Å². The van der Waals surface area contributed by atoms with Gasteiger partial charge in [-0.15, -0.1) is 11.3 Å². The van der Waals surface area contributed by atoms with Crippen molar-refractivity contribution in [3.8, 4) is 0 Å². The second-order valence-corrected chi connectivity index (χ2v) is 7.51. The number of hydrogen-bond acceptors (Lipinski definition) is 5. The van der Waals surface area contributed by atoms with Crippen molar-refractivity contribution >= 4 is 44.9 Å². The zero-order chi connectivity index (χ0) is 16.7. The lowest BCUT2D eigenvalue weighted by Gasteiger charge is -2.11. The van der Waals surface area contributed by atoms with Crippen LogP contribution in [0.2, 0.25) is 0 Å². The fraction of sp³-hybridized carbons (Fsp3) is 0.267. The highest BCUT2D eigenvalue weighted by molar-refractivity contribution is 9.11. The number of carbonyl (C=O) groups is 1. The van der Waals surface area contributed by atoms with Crippen molar-refractivity contribution < 1.29 is 4.79 Å². The summed E-state index contributed by atoms with van der Waals surface area (Å²) in [5.41, 5.74) is 0.200. The summed E-state index contributed by atoms with van der Waals surface area (Å²) < 4.78 is 3.38. The maximum absolute atomic E-state index is 12.6. The molecule has 2 aromatic heterocycles. The number of carbonyl (C=O) groups excluding carboxylic acids is 1. The van der Waals surface area contributed by atoms with Gasteiger partial charge in [0.25, 0.3) is 5.56 Å². The van der Waals surface area contributed by atoms with Crippen molar-refractivity contribution in [2.45, 2.75) is 19.9 Å². The Hall–Kier alpha value is -1.93. The van der Waals surface area contributed by atoms with Crippen LogP contribution >= 0.6 is 27.3 Å². The molecule has 1 aliphatic heterocycles. The van der Waals surface area contributed by atoms with Crippen molar-refractivity contribution in [2.24, 2.45) is 7.05 Å². The summed E-state index contributed by atoms with van der Waals surface area (Å²) in [6.07, 6.45) is 2.40. The molecule has 1 N–H and O–H groups in total. The third kappa shape index (κ3) is 2.61. The molecule has 8 heteroatoms. The summed E-state index contributed by atoms with van der Waals surface area (Å²) >= 11 is 4.88. The molecular weight excluding hydrogens is 382 g/mol. The van der Waals surface area contributed by atoms with Gasteiger partial charge in [0, 0.05) is 13.6 Å². The van der Waals surface area contributed by atoms with Crippen LogP contribution in [-0.2, 0) is 13.6 Å². The van der Waals surface area contributed by atoms with Gasteiger partial charge in [-0.25, -0.2) is 4.79 Å². The Labute approximate surface area is 144 Å². The van der Waals surface area contributed by atoms with E-state index in [1.54, 1.807) is 6.08 Å². The molecular formula is C15H14BrN3O3S. The van der Waals surface area contributed by atoms with Crippen molar-refractivity contribution in [1.29, 1.82) is 0 Å². The monoisotopic (exact) mass is 395 g/mol. The number of anilines is 1. The second-order valence-electron chi connectivity index (χ2n) is 5.22. The molecule has 0 amide bonds. The summed E-state index contributed by atoms with van der Waals surface area (Å²) in [5, 5.41) is 4.85. The minimum atomic E-state index is -0.565. The van der Waals surface area contributed by atoms with Crippen molar-refractivity contribution in [1.82, 2.24) is 9.13 Å². The summed E-state index contributed by atoms with van der Waals surface area (Å²) in [6, 6.07) is 1.88. The highest BCUT2D eigenvalue weighted by Crippen LogP contribution is 2.28. The van der Waals surface area contributed by atoms with Crippen LogP contribution in [0.15, 0.2) is 30.5 Å². The number of nitrogens with zero attached hydrogens (tertiary/aromatic N) is 2. The van der Waals surface area contributed by atoms with Crippen molar-refractivity contribution in [3.63, 3.8) is 0 Å². The van der Waals surface area contributed by atoms with E-state index in [0.29, 0.717) is 18.1 Å². The Kier molecular flexibility index (Phi) is 4.11. The highest BCUT2D eigenvalue weighted by Gasteiger charge is 2.32. The van der Waals surface area contributed by atoms with Crippen LogP contribution in [0, 0.1) is 0 Å². The SMILES string of the molecule is CCCn1c2c(c(=O)n(C)c1=O)C(=O)/C(=C\c1csc(Br)c1)N2. The van der Waals surface area contributed by atoms with Gasteiger partial charge in [-0.3, -0.25) is 18.7 Å². The number of thiophene rings is 1. The first-order valence-electron chi connectivity index (χ1n) is 7.05. The maximum atomic E-state index is 12.6. The Morgan fingerprint density at radius 2 is 2.09 bits per heavy atom. The molecule has 0 spiro atoms. The number of aromatic nitrogens is 2. The van der Waals surface area contributed by atoms with E-state index >= 15 is 0 Å². The number of hydrogen-bond donors (Lipinski definition) is 1. The van der Waals surface area contributed by atoms with Gasteiger partial charge >= 0.3 is 5.69 Å². The molecule has 0 saturated carbocycles. The van der Waals surface area contributed by atoms with Crippen LogP contribution in [0.25, 0.3) is 6.08 Å². The van der Waals surface area contributed by atoms with Crippen LogP contribution in [0.1, 0.15) is 29.3 Å². The molecule has 2 aromatic rings. The van der Waals surface area contributed by atoms with Gasteiger partial charge in [-0.05, 0) is 45.4 Å². The first-order chi connectivity index (χ1) is 10.9. The van der Waals surface area contributed by atoms with Gasteiger partial charge in [-0.1, -0.05) is 6.92 Å². The van der Waals surface area contributed by atoms with Crippen LogP contribution < -0.4 is 16.6 Å². The number of fused-ring (bicyclic) bond motifs is 1. The normalized spacial score (nSPS) is 15.1. The van der Waals surface area contributed by atoms with E-state index in [-0.39, 0.29) is 11.3 Å². The number of allylic oxidation sites excluding steroid dienone is 1. The lowest BCUT2D eigenvalue weighted by Crippen LogP contribution is -2.40. The van der Waals surface area contributed by atoms with Crippen LogP contribution in [-0.4, -0.2) is 14.9 Å². The van der Waals surface area contributed by atoms with Gasteiger partial charge in [0.1, 0.15) is 11.4 Å². The minimum Gasteiger partial charge on any atom is -0.338 e. The smallest absolute Gasteiger partial charge is 0.332 e. The van der Waals surface area contributed by atoms with E-state index < -0.39 is 11.2 Å². The number of Topliss-reactive ketones (excluding diaryl/α,β-unsaturated/α-hetero) is 1. The van der Waals surface area contributed by atoms with E-state index in [1.165, 1.54) is 23.0 Å². The molecule has 0 unspecified atom stereocenters. The quantitative estimate of drug-likeness (QED) is 0.809. The third-order valence-corrected chi connectivity index (χ3v) is 5.14. The summed E-state index contributed by atoms with van der Waals surface area (Å²) in [4.78, 5) is 37.2. The van der Waals surface area contributed by atoms with Crippen molar-refractivity contribution in [2.75, 3.05) is 5.32 Å². The predicted octanol–water partition coefficient (Wildman–Crippen LogP) is 2.43. The Bertz CT molecular complexity index is 952. The van der Waals surface area contributed by atoms with E-state index in [0.717, 1.165) is 20.3 Å². The number of ketones is 1. The molecule has 120 valence electrons. The largest absolute Gasteiger partial charge is 0.338 e. The van der Waals surface area contributed by atoms with E-state index in [9.17, 15) is 14.4 Å². The second kappa shape index (κ2) is 5.93. The van der Waals surface area contributed by atoms with Crippen molar-refractivity contribution in [3.05, 3.63) is 52.9 Å². The molecule has 0 aliphatic carbocycles. The zero-order valence-corrected chi connectivity index (χ0v) is 15.0. The Morgan fingerprint density at radius 3 is 2.70 bits per heavy atom. The fourth-order valence-corrected chi connectivity index (χ4v) is 3.65. The molecule has 3 heterocycles. The number of halogens is 1. The molecule has 23 heavy (non-hydrogen) atoms. The van der Waals surface area contributed by atoms with Crippen LogP contribution in [0.3, 0.4) is 0 Å². The lowest BCUT2D eigenvalue weighted by molar-refractivity contribution is 0.104. The average Bonchev–Trinajstić information content (AvgIpc) is 3.06. The number of rotatable bonds is 3. The van der Waals surface area contributed by atoms with Gasteiger partial charge in [0.2, 0.25) is 5.78 Å². The van der Waals surface area contributed by atoms with E-state index in [1.807, 2.05) is 18.4 Å². The van der Waals surface area contributed by atoms with Crippen LogP contribution in [0.4, 0.5) is 5.82 Å². The lowest BCUT2D eigenvalue weighted by atomic mass is 10.1. The standard InChI is InChI=1S/C15H14BrN3O3S/c1-3-4-19-13-11(14(21)18(2)15(19)22)12(20)9(17-13)5-8-6-10(16)23-7-8/h5-7,17H,3-4H2,1-2H3/b9-5+. The summed E-state index contributed by atoms with van der Waals surface area (Å²) in [7, 11) is 1.39. The molecule has 1 aliphatic rings. The molecule has 0 saturated heterocycles. The predicted molar refractivity (Wildman–Crippen MR) is 94.2 cm³/mol. The zero-order valence-electron chi connectivity index (χ0n) is 12.6. The Balaban J connectivity index is 2.17. The summed E-state index contributed by atoms with van der Waals surface area (Å²) in [5.74, 6) is -0.0849. The molecule has 0 radical (unpaired) electrons. The van der Waals surface area contributed by atoms with E-state index in [4.69, 9.17) is 0 Å². The first-order valence-corrected chi connectivity index (χ1v) is 8.72. The molecule has 0 bridgehead atoms. The Morgan fingerprint density at radius 1 is 1.35 bits per heavy atom. The topological polar surface area (TPSA) is 73.1 Å². The van der Waals surface area contributed by atoms with Gasteiger partial charge in [0.15, 0.2) is 0 Å². The fourth-order valence-electron chi connectivity index (χ4n) is 2.52. The summed E-state index contributed by atoms with van der Waals surface area (Å²) in [6.45, 7) is 2.37. The maximum Gasteiger partial charge on any atom is 0.332 e. The van der Waals surface area contributed by atoms with E-state index in [2.05, 4.69) is 21.2 Å². The third-order valence-electron chi connectivity index (χ3n) is 3.61. The van der Waals surface area contributed by atoms with Gasteiger partial charge in [0.05, 0.1) is 9.48 Å². The molecule has 3 rings (SSSR count). The molecule has 6 nitrogen and oxygen atoms in total. The molecule has 0 atom stereocenters. The minimum absolute atomic E-state index is 0.0288. The van der Waals surface area contributed by atoms with Gasteiger partial charge in [-0.2, -0.15) is 0 Å². The van der Waals surface area contributed by atoms with Crippen LogP contribution in [0.5, 0.6) is 0 Å². The average molecular weight is 396 g/mol.